The molecule has 3 rings (SSSR count). The van der Waals surface area contributed by atoms with Crippen molar-refractivity contribution in [3.8, 4) is 0 Å². The maximum Gasteiger partial charge on any atom is 0.223 e. The van der Waals surface area contributed by atoms with Crippen LogP contribution in [0.1, 0.15) is 51.4 Å². The fourth-order valence-corrected chi connectivity index (χ4v) is 4.57. The fourth-order valence-electron chi connectivity index (χ4n) is 4.57. The van der Waals surface area contributed by atoms with Crippen LogP contribution in [0.4, 0.5) is 0 Å². The first kappa shape index (κ1) is 23.0. The van der Waals surface area contributed by atoms with E-state index in [0.29, 0.717) is 24.9 Å². The van der Waals surface area contributed by atoms with Crippen LogP contribution in [-0.2, 0) is 9.53 Å². The summed E-state index contributed by atoms with van der Waals surface area (Å²) in [6.07, 6.45) is 9.01. The molecule has 2 saturated heterocycles. The van der Waals surface area contributed by atoms with E-state index in [1.54, 1.807) is 0 Å². The topological polar surface area (TPSA) is 58.8 Å². The smallest absolute Gasteiger partial charge is 0.223 e. The zero-order valence-corrected chi connectivity index (χ0v) is 16.9. The molecule has 0 aromatic heterocycles. The van der Waals surface area contributed by atoms with Crippen molar-refractivity contribution in [3.05, 3.63) is 0 Å². The monoisotopic (exact) mass is 395 g/mol. The Morgan fingerprint density at radius 1 is 1.00 bits per heavy atom. The van der Waals surface area contributed by atoms with Crippen molar-refractivity contribution < 1.29 is 9.53 Å². The van der Waals surface area contributed by atoms with Crippen molar-refractivity contribution in [2.75, 3.05) is 45.9 Å². The molecule has 148 valence electrons. The highest BCUT2D eigenvalue weighted by atomic mass is 35.5. The molecule has 2 heterocycles. The number of carbonyl (C=O) groups excluding carboxylic acids is 1. The molecule has 0 aromatic rings. The van der Waals surface area contributed by atoms with Crippen molar-refractivity contribution in [3.63, 3.8) is 0 Å². The molecule has 1 aliphatic carbocycles. The van der Waals surface area contributed by atoms with Crippen LogP contribution < -0.4 is 5.73 Å². The third kappa shape index (κ3) is 5.96. The molecule has 2 aliphatic heterocycles. The highest BCUT2D eigenvalue weighted by molar-refractivity contribution is 5.85. The lowest BCUT2D eigenvalue weighted by Crippen LogP contribution is -2.53. The summed E-state index contributed by atoms with van der Waals surface area (Å²) in [6, 6.07) is 0.662. The third-order valence-electron chi connectivity index (χ3n) is 6.25. The van der Waals surface area contributed by atoms with E-state index in [4.69, 9.17) is 10.5 Å². The molecule has 2 N–H and O–H groups in total. The van der Waals surface area contributed by atoms with Crippen LogP contribution in [0.5, 0.6) is 0 Å². The standard InChI is InChI=1S/C18H33N3O2.2ClH/c19-15-18(6-2-1-3-7-18)14-17(22)21-10-8-20(9-11-21)16-4-12-23-13-5-16;;/h16H,1-15,19H2;2*1H. The van der Waals surface area contributed by atoms with Gasteiger partial charge in [0.2, 0.25) is 5.91 Å². The van der Waals surface area contributed by atoms with E-state index in [1.165, 1.54) is 19.3 Å². The molecule has 0 spiro atoms. The van der Waals surface area contributed by atoms with Gasteiger partial charge in [0, 0.05) is 51.9 Å². The number of amides is 1. The molecule has 0 aromatic carbocycles. The number of hydrogen-bond donors (Lipinski definition) is 1. The van der Waals surface area contributed by atoms with Crippen LogP contribution in [0.3, 0.4) is 0 Å². The molecule has 25 heavy (non-hydrogen) atoms. The quantitative estimate of drug-likeness (QED) is 0.793. The summed E-state index contributed by atoms with van der Waals surface area (Å²) in [6.45, 7) is 6.26. The number of rotatable bonds is 4. The first-order valence-electron chi connectivity index (χ1n) is 9.52. The van der Waals surface area contributed by atoms with Crippen molar-refractivity contribution in [1.82, 2.24) is 9.80 Å². The summed E-state index contributed by atoms with van der Waals surface area (Å²) in [4.78, 5) is 17.4. The number of hydrogen-bond acceptors (Lipinski definition) is 4. The zero-order chi connectivity index (χ0) is 16.1. The third-order valence-corrected chi connectivity index (χ3v) is 6.25. The van der Waals surface area contributed by atoms with Crippen molar-refractivity contribution >= 4 is 30.7 Å². The first-order chi connectivity index (χ1) is 11.2. The number of nitrogens with zero attached hydrogens (tertiary/aromatic N) is 2. The second kappa shape index (κ2) is 10.9. The number of ether oxygens (including phenoxy) is 1. The van der Waals surface area contributed by atoms with Crippen molar-refractivity contribution in [2.24, 2.45) is 11.1 Å². The average Bonchev–Trinajstić information content (AvgIpc) is 2.63. The normalized spacial score (nSPS) is 24.9. The van der Waals surface area contributed by atoms with Gasteiger partial charge in [-0.15, -0.1) is 24.8 Å². The van der Waals surface area contributed by atoms with Gasteiger partial charge in [0.15, 0.2) is 0 Å². The Morgan fingerprint density at radius 3 is 2.16 bits per heavy atom. The van der Waals surface area contributed by atoms with E-state index in [0.717, 1.165) is 65.1 Å². The lowest BCUT2D eigenvalue weighted by molar-refractivity contribution is -0.136. The van der Waals surface area contributed by atoms with Crippen LogP contribution in [0, 0.1) is 5.41 Å². The van der Waals surface area contributed by atoms with E-state index in [-0.39, 0.29) is 30.2 Å². The van der Waals surface area contributed by atoms with Gasteiger partial charge in [0.1, 0.15) is 0 Å². The minimum absolute atomic E-state index is 0. The molecule has 3 fully saturated rings. The zero-order valence-electron chi connectivity index (χ0n) is 15.3. The minimum Gasteiger partial charge on any atom is -0.381 e. The van der Waals surface area contributed by atoms with Crippen LogP contribution in [0.15, 0.2) is 0 Å². The largest absolute Gasteiger partial charge is 0.381 e. The summed E-state index contributed by atoms with van der Waals surface area (Å²) in [5, 5.41) is 0. The molecule has 0 atom stereocenters. The van der Waals surface area contributed by atoms with E-state index >= 15 is 0 Å². The van der Waals surface area contributed by atoms with E-state index in [9.17, 15) is 4.79 Å². The Morgan fingerprint density at radius 2 is 1.60 bits per heavy atom. The molecule has 0 bridgehead atoms. The first-order valence-corrected chi connectivity index (χ1v) is 9.52. The molecule has 7 heteroatoms. The van der Waals surface area contributed by atoms with Crippen molar-refractivity contribution in [2.45, 2.75) is 57.4 Å². The lowest BCUT2D eigenvalue weighted by Gasteiger charge is -2.42. The summed E-state index contributed by atoms with van der Waals surface area (Å²) in [7, 11) is 0. The van der Waals surface area contributed by atoms with Gasteiger partial charge in [-0.25, -0.2) is 0 Å². The molecule has 0 unspecified atom stereocenters. The van der Waals surface area contributed by atoms with Gasteiger partial charge >= 0.3 is 0 Å². The van der Waals surface area contributed by atoms with Gasteiger partial charge in [-0.05, 0) is 37.6 Å². The number of halogens is 2. The summed E-state index contributed by atoms with van der Waals surface area (Å²) in [5.41, 5.74) is 6.14. The second-order valence-electron chi connectivity index (χ2n) is 7.70. The Labute approximate surface area is 164 Å². The minimum atomic E-state index is 0. The second-order valence-corrected chi connectivity index (χ2v) is 7.70. The highest BCUT2D eigenvalue weighted by Crippen LogP contribution is 2.38. The fraction of sp³-hybridized carbons (Fsp3) is 0.944. The van der Waals surface area contributed by atoms with Gasteiger partial charge in [0.25, 0.3) is 0 Å². The van der Waals surface area contributed by atoms with Gasteiger partial charge in [0.05, 0.1) is 0 Å². The SMILES string of the molecule is Cl.Cl.NCC1(CC(=O)N2CCN(C3CCOCC3)CC2)CCCCC1. The molecule has 3 aliphatic rings. The Balaban J connectivity index is 0.00000156. The number of carbonyl (C=O) groups is 1. The van der Waals surface area contributed by atoms with Gasteiger partial charge < -0.3 is 15.4 Å². The van der Waals surface area contributed by atoms with Gasteiger partial charge in [-0.2, -0.15) is 0 Å². The summed E-state index contributed by atoms with van der Waals surface area (Å²) >= 11 is 0. The Bertz CT molecular complexity index is 392. The maximum atomic E-state index is 12.7. The number of piperazine rings is 1. The predicted octanol–water partition coefficient (Wildman–Crippen LogP) is 2.45. The summed E-state index contributed by atoms with van der Waals surface area (Å²) in [5.74, 6) is 0.337. The van der Waals surface area contributed by atoms with Gasteiger partial charge in [-0.1, -0.05) is 19.3 Å². The Hall–Kier alpha value is -0.0700. The molecular formula is C18H35Cl2N3O2. The Kier molecular flexibility index (Phi) is 10.0. The van der Waals surface area contributed by atoms with E-state index < -0.39 is 0 Å². The molecular weight excluding hydrogens is 361 g/mol. The molecule has 0 radical (unpaired) electrons. The number of nitrogens with two attached hydrogens (primary N) is 1. The maximum absolute atomic E-state index is 12.7. The summed E-state index contributed by atoms with van der Waals surface area (Å²) < 4.78 is 5.45. The van der Waals surface area contributed by atoms with Gasteiger partial charge in [-0.3, -0.25) is 9.69 Å². The molecule has 5 nitrogen and oxygen atoms in total. The van der Waals surface area contributed by atoms with Crippen LogP contribution in [0.2, 0.25) is 0 Å². The van der Waals surface area contributed by atoms with Crippen LogP contribution >= 0.6 is 24.8 Å². The molecule has 1 saturated carbocycles. The van der Waals surface area contributed by atoms with E-state index in [2.05, 4.69) is 9.80 Å². The molecule has 1 amide bonds. The van der Waals surface area contributed by atoms with Crippen molar-refractivity contribution in [1.29, 1.82) is 0 Å². The predicted molar refractivity (Wildman–Crippen MR) is 106 cm³/mol. The average molecular weight is 396 g/mol. The van der Waals surface area contributed by atoms with E-state index in [1.807, 2.05) is 0 Å². The van der Waals surface area contributed by atoms with Crippen LogP contribution in [0.25, 0.3) is 0 Å². The van der Waals surface area contributed by atoms with Crippen LogP contribution in [-0.4, -0.2) is 67.7 Å². The highest BCUT2D eigenvalue weighted by Gasteiger charge is 2.35. The lowest BCUT2D eigenvalue weighted by atomic mass is 9.71.